The van der Waals surface area contributed by atoms with E-state index in [1.54, 1.807) is 0 Å². The van der Waals surface area contributed by atoms with Gasteiger partial charge in [0.15, 0.2) is 3.83 Å². The predicted molar refractivity (Wildman–Crippen MR) is 105 cm³/mol. The van der Waals surface area contributed by atoms with Crippen LogP contribution in [0.2, 0.25) is 0 Å². The summed E-state index contributed by atoms with van der Waals surface area (Å²) >= 11 is 2.24. The third-order valence-electron chi connectivity index (χ3n) is 6.95. The topological polar surface area (TPSA) is 44.1 Å². The molecule has 25 heavy (non-hydrogen) atoms. The highest BCUT2D eigenvalue weighted by molar-refractivity contribution is 14.1. The van der Waals surface area contributed by atoms with Gasteiger partial charge in [-0.1, -0.05) is 18.6 Å². The summed E-state index contributed by atoms with van der Waals surface area (Å²) in [5.41, 5.74) is 1.81. The molecular weight excluding hydrogens is 427 g/mol. The zero-order valence-electron chi connectivity index (χ0n) is 15.1. The number of ether oxygens (including phenoxy) is 1. The zero-order valence-corrected chi connectivity index (χ0v) is 17.2. The fourth-order valence-electron chi connectivity index (χ4n) is 5.15. The van der Waals surface area contributed by atoms with Crippen LogP contribution in [0.4, 0.5) is 0 Å². The molecule has 0 bridgehead atoms. The molecule has 2 aliphatic carbocycles. The van der Waals surface area contributed by atoms with E-state index in [0.29, 0.717) is 23.8 Å². The van der Waals surface area contributed by atoms with E-state index in [2.05, 4.69) is 52.1 Å². The number of carbonyl (C=O) groups excluding carboxylic acids is 1. The monoisotopic (exact) mass is 454 g/mol. The number of hydrogen-bond acceptors (Lipinski definition) is 3. The van der Waals surface area contributed by atoms with Crippen molar-refractivity contribution in [2.75, 3.05) is 0 Å². The first-order valence-electron chi connectivity index (χ1n) is 9.51. The standard InChI is InChI=1S/C20H27IN2O2/c1-13-4-3-8-20(2)9-7-16(20)17-14(6-5-13)15(18(24)25-17)12-23-11-10-22-19(23)21/h4,10-11,14-17H,3,5-9,12H2,1-2H3/b13-4+/t14-,15?,16-,17-,20-/m0/s1. The van der Waals surface area contributed by atoms with Gasteiger partial charge in [0.1, 0.15) is 6.10 Å². The van der Waals surface area contributed by atoms with Gasteiger partial charge in [0.2, 0.25) is 0 Å². The lowest BCUT2D eigenvalue weighted by Gasteiger charge is -2.51. The second kappa shape index (κ2) is 6.71. The van der Waals surface area contributed by atoms with E-state index in [-0.39, 0.29) is 18.0 Å². The minimum absolute atomic E-state index is 0.00892. The van der Waals surface area contributed by atoms with E-state index in [4.69, 9.17) is 4.74 Å². The molecule has 1 saturated heterocycles. The molecule has 2 heterocycles. The molecule has 1 aromatic rings. The summed E-state index contributed by atoms with van der Waals surface area (Å²) in [7, 11) is 0. The Labute approximate surface area is 163 Å². The SMILES string of the molecule is C/C1=C\CC[C@@]2(C)CC[C@H]2[C@H]2OC(=O)C(Cn3ccnc3I)[C@@H]2CC1. The lowest BCUT2D eigenvalue weighted by Crippen LogP contribution is -2.47. The molecule has 5 atom stereocenters. The van der Waals surface area contributed by atoms with E-state index in [0.717, 1.165) is 16.7 Å². The molecule has 1 unspecified atom stereocenters. The maximum Gasteiger partial charge on any atom is 0.311 e. The lowest BCUT2D eigenvalue weighted by atomic mass is 9.55. The minimum atomic E-state index is -0.0372. The first-order chi connectivity index (χ1) is 12.0. The summed E-state index contributed by atoms with van der Waals surface area (Å²) in [5.74, 6) is 0.844. The number of allylic oxidation sites excluding steroid dienone is 2. The van der Waals surface area contributed by atoms with Crippen LogP contribution in [0, 0.1) is 27.0 Å². The molecular formula is C20H27IN2O2. The van der Waals surface area contributed by atoms with Gasteiger partial charge >= 0.3 is 5.97 Å². The number of esters is 1. The molecule has 0 spiro atoms. The van der Waals surface area contributed by atoms with Gasteiger partial charge in [-0.3, -0.25) is 4.79 Å². The summed E-state index contributed by atoms with van der Waals surface area (Å²) in [4.78, 5) is 17.1. The number of aromatic nitrogens is 2. The highest BCUT2D eigenvalue weighted by Crippen LogP contribution is 2.56. The maximum absolute atomic E-state index is 12.8. The van der Waals surface area contributed by atoms with Crippen molar-refractivity contribution >= 4 is 28.6 Å². The van der Waals surface area contributed by atoms with Crippen LogP contribution in [0.3, 0.4) is 0 Å². The third-order valence-corrected chi connectivity index (χ3v) is 7.85. The van der Waals surface area contributed by atoms with Gasteiger partial charge in [-0.05, 0) is 73.5 Å². The molecule has 3 aliphatic rings. The maximum atomic E-state index is 12.8. The summed E-state index contributed by atoms with van der Waals surface area (Å²) < 4.78 is 9.07. The lowest BCUT2D eigenvalue weighted by molar-refractivity contribution is -0.152. The van der Waals surface area contributed by atoms with E-state index in [9.17, 15) is 4.79 Å². The van der Waals surface area contributed by atoms with Gasteiger partial charge in [0.25, 0.3) is 0 Å². The molecule has 0 aromatic carbocycles. The molecule has 4 nitrogen and oxygen atoms in total. The van der Waals surface area contributed by atoms with Gasteiger partial charge < -0.3 is 9.30 Å². The Balaban J connectivity index is 1.62. The average molecular weight is 454 g/mol. The highest BCUT2D eigenvalue weighted by Gasteiger charge is 2.55. The van der Waals surface area contributed by atoms with Gasteiger partial charge in [-0.15, -0.1) is 0 Å². The normalized spacial score (nSPS) is 40.3. The van der Waals surface area contributed by atoms with Crippen LogP contribution in [0.1, 0.15) is 52.4 Å². The predicted octanol–water partition coefficient (Wildman–Crippen LogP) is 4.58. The second-order valence-electron chi connectivity index (χ2n) is 8.45. The smallest absolute Gasteiger partial charge is 0.311 e. The molecule has 5 heteroatoms. The van der Waals surface area contributed by atoms with Gasteiger partial charge in [0, 0.05) is 30.8 Å². The Hall–Kier alpha value is -0.850. The van der Waals surface area contributed by atoms with E-state index < -0.39 is 0 Å². The van der Waals surface area contributed by atoms with Crippen molar-refractivity contribution in [1.82, 2.24) is 9.55 Å². The third kappa shape index (κ3) is 3.17. The van der Waals surface area contributed by atoms with Crippen molar-refractivity contribution in [1.29, 1.82) is 0 Å². The minimum Gasteiger partial charge on any atom is -0.461 e. The number of fused-ring (bicyclic) bond motifs is 3. The van der Waals surface area contributed by atoms with Crippen LogP contribution >= 0.6 is 22.6 Å². The largest absolute Gasteiger partial charge is 0.461 e. The Kier molecular flexibility index (Phi) is 4.71. The Morgan fingerprint density at radius 1 is 1.40 bits per heavy atom. The highest BCUT2D eigenvalue weighted by atomic mass is 127. The van der Waals surface area contributed by atoms with E-state index in [1.165, 1.54) is 31.3 Å². The summed E-state index contributed by atoms with van der Waals surface area (Å²) in [6.07, 6.45) is 13.3. The van der Waals surface area contributed by atoms with E-state index in [1.807, 2.05) is 12.4 Å². The summed E-state index contributed by atoms with van der Waals surface area (Å²) in [5, 5.41) is 0. The second-order valence-corrected chi connectivity index (χ2v) is 9.41. The number of nitrogens with zero attached hydrogens (tertiary/aromatic N) is 2. The first-order valence-corrected chi connectivity index (χ1v) is 10.6. The van der Waals surface area contributed by atoms with Crippen LogP contribution in [-0.4, -0.2) is 21.6 Å². The van der Waals surface area contributed by atoms with Crippen molar-refractivity contribution in [2.24, 2.45) is 23.2 Å². The molecule has 0 radical (unpaired) electrons. The number of carbonyl (C=O) groups is 1. The van der Waals surface area contributed by atoms with Crippen LogP contribution in [0.5, 0.6) is 0 Å². The summed E-state index contributed by atoms with van der Waals surface area (Å²) in [6, 6.07) is 0. The first kappa shape index (κ1) is 17.6. The van der Waals surface area contributed by atoms with Gasteiger partial charge in [-0.2, -0.15) is 0 Å². The van der Waals surface area contributed by atoms with Crippen LogP contribution < -0.4 is 0 Å². The quantitative estimate of drug-likeness (QED) is 0.373. The Bertz CT molecular complexity index is 698. The Morgan fingerprint density at radius 2 is 2.24 bits per heavy atom. The molecule has 136 valence electrons. The molecule has 1 aromatic heterocycles. The number of rotatable bonds is 2. The molecule has 0 amide bonds. The van der Waals surface area contributed by atoms with Crippen LogP contribution in [-0.2, 0) is 16.1 Å². The molecule has 0 N–H and O–H groups in total. The Morgan fingerprint density at radius 3 is 2.92 bits per heavy atom. The molecule has 4 rings (SSSR count). The number of halogens is 1. The van der Waals surface area contributed by atoms with Crippen molar-refractivity contribution in [3.05, 3.63) is 27.9 Å². The van der Waals surface area contributed by atoms with Crippen molar-refractivity contribution < 1.29 is 9.53 Å². The summed E-state index contributed by atoms with van der Waals surface area (Å²) in [6.45, 7) is 5.34. The van der Waals surface area contributed by atoms with Crippen LogP contribution in [0.15, 0.2) is 24.0 Å². The number of hydrogen-bond donors (Lipinski definition) is 0. The van der Waals surface area contributed by atoms with Gasteiger partial charge in [0.05, 0.1) is 5.92 Å². The van der Waals surface area contributed by atoms with Gasteiger partial charge in [-0.25, -0.2) is 4.98 Å². The zero-order chi connectivity index (χ0) is 17.6. The molecule has 2 fully saturated rings. The van der Waals surface area contributed by atoms with Crippen molar-refractivity contribution in [3.63, 3.8) is 0 Å². The van der Waals surface area contributed by atoms with Crippen molar-refractivity contribution in [2.45, 2.75) is 65.0 Å². The van der Waals surface area contributed by atoms with Crippen molar-refractivity contribution in [3.8, 4) is 0 Å². The molecule has 1 saturated carbocycles. The average Bonchev–Trinajstić information content (AvgIpc) is 3.08. The van der Waals surface area contributed by atoms with E-state index >= 15 is 0 Å². The number of imidazole rings is 1. The fourth-order valence-corrected chi connectivity index (χ4v) is 5.67. The van der Waals surface area contributed by atoms with Crippen LogP contribution in [0.25, 0.3) is 0 Å². The fraction of sp³-hybridized carbons (Fsp3) is 0.700. The molecule has 1 aliphatic heterocycles.